The predicted octanol–water partition coefficient (Wildman–Crippen LogP) is 2.63. The van der Waals surface area contributed by atoms with Crippen LogP contribution in [-0.2, 0) is 6.54 Å². The Kier molecular flexibility index (Phi) is 3.55. The molecule has 0 spiro atoms. The molecule has 0 bridgehead atoms. The third-order valence-corrected chi connectivity index (χ3v) is 3.77. The summed E-state index contributed by atoms with van der Waals surface area (Å²) >= 11 is 5.31. The minimum absolute atomic E-state index is 0.256. The van der Waals surface area contributed by atoms with E-state index in [4.69, 9.17) is 31.2 Å². The van der Waals surface area contributed by atoms with Gasteiger partial charge in [-0.1, -0.05) is 6.07 Å². The fourth-order valence-electron chi connectivity index (χ4n) is 2.38. The maximum absolute atomic E-state index is 5.36. The molecule has 0 radical (unpaired) electrons. The fourth-order valence-corrected chi connectivity index (χ4v) is 2.57. The second kappa shape index (κ2) is 5.85. The standard InChI is InChI=1S/C16H14N2O4S/c23-16(18-11-2-4-13-15(6-11)22-9-20-13)17-7-10-1-3-12-14(5-10)21-8-19-12/h1-6H,7-9H2,(H2,17,18,23). The minimum atomic E-state index is 0.256. The molecule has 0 unspecified atom stereocenters. The van der Waals surface area contributed by atoms with E-state index in [-0.39, 0.29) is 13.6 Å². The summed E-state index contributed by atoms with van der Waals surface area (Å²) in [5, 5.41) is 6.81. The van der Waals surface area contributed by atoms with Crippen LogP contribution in [0.1, 0.15) is 5.56 Å². The van der Waals surface area contributed by atoms with Crippen LogP contribution in [0.2, 0.25) is 0 Å². The van der Waals surface area contributed by atoms with Crippen molar-refractivity contribution in [3.8, 4) is 23.0 Å². The number of ether oxygens (including phenoxy) is 4. The van der Waals surface area contributed by atoms with E-state index in [1.165, 1.54) is 0 Å². The molecule has 0 aromatic heterocycles. The van der Waals surface area contributed by atoms with E-state index >= 15 is 0 Å². The summed E-state index contributed by atoms with van der Waals surface area (Å²) in [5.74, 6) is 3.00. The molecule has 7 heteroatoms. The molecule has 2 aromatic carbocycles. The van der Waals surface area contributed by atoms with E-state index in [0.717, 1.165) is 28.5 Å². The SMILES string of the molecule is S=C(NCc1ccc2c(c1)OCO2)Nc1ccc2c(c1)OCO2. The molecule has 0 saturated carbocycles. The molecule has 2 heterocycles. The van der Waals surface area contributed by atoms with Gasteiger partial charge in [-0.2, -0.15) is 0 Å². The van der Waals surface area contributed by atoms with Crippen LogP contribution in [0, 0.1) is 0 Å². The van der Waals surface area contributed by atoms with Crippen LogP contribution < -0.4 is 29.6 Å². The minimum Gasteiger partial charge on any atom is -0.454 e. The molecule has 4 rings (SSSR count). The van der Waals surface area contributed by atoms with E-state index in [1.54, 1.807) is 0 Å². The van der Waals surface area contributed by atoms with Gasteiger partial charge in [-0.25, -0.2) is 0 Å². The number of hydrogen-bond acceptors (Lipinski definition) is 5. The Morgan fingerprint density at radius 2 is 1.52 bits per heavy atom. The quantitative estimate of drug-likeness (QED) is 0.839. The molecule has 118 valence electrons. The first-order chi connectivity index (χ1) is 11.3. The third kappa shape index (κ3) is 2.95. The maximum atomic E-state index is 5.36. The van der Waals surface area contributed by atoms with Gasteiger partial charge in [0, 0.05) is 18.3 Å². The van der Waals surface area contributed by atoms with Crippen molar-refractivity contribution in [2.45, 2.75) is 6.54 Å². The molecular weight excluding hydrogens is 316 g/mol. The first-order valence-electron chi connectivity index (χ1n) is 7.11. The van der Waals surface area contributed by atoms with Gasteiger partial charge in [0.15, 0.2) is 28.1 Å². The Labute approximate surface area is 138 Å². The Hall–Kier alpha value is -2.67. The molecule has 0 aliphatic carbocycles. The molecule has 23 heavy (non-hydrogen) atoms. The van der Waals surface area contributed by atoms with Gasteiger partial charge in [0.1, 0.15) is 0 Å². The molecular formula is C16H14N2O4S. The zero-order valence-electron chi connectivity index (χ0n) is 12.1. The molecule has 2 N–H and O–H groups in total. The van der Waals surface area contributed by atoms with Crippen LogP contribution >= 0.6 is 12.2 Å². The molecule has 0 atom stereocenters. The van der Waals surface area contributed by atoms with Crippen LogP contribution in [0.25, 0.3) is 0 Å². The van der Waals surface area contributed by atoms with Crippen molar-refractivity contribution >= 4 is 23.0 Å². The van der Waals surface area contributed by atoms with E-state index in [1.807, 2.05) is 36.4 Å². The molecule has 2 aliphatic rings. The second-order valence-corrected chi connectivity index (χ2v) is 5.47. The number of benzene rings is 2. The van der Waals surface area contributed by atoms with Crippen LogP contribution in [0.5, 0.6) is 23.0 Å². The first-order valence-corrected chi connectivity index (χ1v) is 7.52. The van der Waals surface area contributed by atoms with Gasteiger partial charge in [0.05, 0.1) is 0 Å². The van der Waals surface area contributed by atoms with Gasteiger partial charge in [0.2, 0.25) is 13.6 Å². The first kappa shape index (κ1) is 14.0. The zero-order chi connectivity index (χ0) is 15.6. The van der Waals surface area contributed by atoms with Crippen molar-refractivity contribution in [2.75, 3.05) is 18.9 Å². The van der Waals surface area contributed by atoms with Crippen molar-refractivity contribution < 1.29 is 18.9 Å². The predicted molar refractivity (Wildman–Crippen MR) is 88.2 cm³/mol. The molecule has 6 nitrogen and oxygen atoms in total. The number of thiocarbonyl (C=S) groups is 1. The molecule has 0 fully saturated rings. The molecule has 0 saturated heterocycles. The lowest BCUT2D eigenvalue weighted by atomic mass is 10.2. The smallest absolute Gasteiger partial charge is 0.231 e. The summed E-state index contributed by atoms with van der Waals surface area (Å²) in [4.78, 5) is 0. The van der Waals surface area contributed by atoms with E-state index in [0.29, 0.717) is 17.4 Å². The number of anilines is 1. The number of nitrogens with one attached hydrogen (secondary N) is 2. The van der Waals surface area contributed by atoms with Crippen LogP contribution in [0.3, 0.4) is 0 Å². The number of hydrogen-bond donors (Lipinski definition) is 2. The topological polar surface area (TPSA) is 61.0 Å². The third-order valence-electron chi connectivity index (χ3n) is 3.52. The monoisotopic (exact) mass is 330 g/mol. The van der Waals surface area contributed by atoms with Gasteiger partial charge in [-0.15, -0.1) is 0 Å². The van der Waals surface area contributed by atoms with Crippen molar-refractivity contribution in [2.24, 2.45) is 0 Å². The highest BCUT2D eigenvalue weighted by Gasteiger charge is 2.14. The average molecular weight is 330 g/mol. The zero-order valence-corrected chi connectivity index (χ0v) is 12.9. The van der Waals surface area contributed by atoms with E-state index in [9.17, 15) is 0 Å². The molecule has 2 aliphatic heterocycles. The lowest BCUT2D eigenvalue weighted by Gasteiger charge is -2.11. The van der Waals surface area contributed by atoms with Gasteiger partial charge < -0.3 is 29.6 Å². The second-order valence-electron chi connectivity index (χ2n) is 5.06. The van der Waals surface area contributed by atoms with Gasteiger partial charge in [-0.3, -0.25) is 0 Å². The van der Waals surface area contributed by atoms with Crippen LogP contribution in [0.15, 0.2) is 36.4 Å². The Balaban J connectivity index is 1.35. The summed E-state index contributed by atoms with van der Waals surface area (Å²) in [6.45, 7) is 1.12. The van der Waals surface area contributed by atoms with Crippen molar-refractivity contribution in [1.29, 1.82) is 0 Å². The van der Waals surface area contributed by atoms with Crippen LogP contribution in [0.4, 0.5) is 5.69 Å². The van der Waals surface area contributed by atoms with Gasteiger partial charge >= 0.3 is 0 Å². The largest absolute Gasteiger partial charge is 0.454 e. The van der Waals surface area contributed by atoms with Gasteiger partial charge in [0.25, 0.3) is 0 Å². The Bertz CT molecular complexity index is 766. The highest BCUT2D eigenvalue weighted by molar-refractivity contribution is 7.80. The summed E-state index contributed by atoms with van der Waals surface area (Å²) in [7, 11) is 0. The Morgan fingerprint density at radius 1 is 0.870 bits per heavy atom. The van der Waals surface area contributed by atoms with Crippen molar-refractivity contribution in [3.05, 3.63) is 42.0 Å². The maximum Gasteiger partial charge on any atom is 0.231 e. The van der Waals surface area contributed by atoms with Crippen molar-refractivity contribution in [1.82, 2.24) is 5.32 Å². The summed E-state index contributed by atoms with van der Waals surface area (Å²) in [5.41, 5.74) is 1.90. The van der Waals surface area contributed by atoms with Gasteiger partial charge in [-0.05, 0) is 42.0 Å². The normalized spacial score (nSPS) is 13.7. The molecule has 2 aromatic rings. The fraction of sp³-hybridized carbons (Fsp3) is 0.188. The molecule has 0 amide bonds. The lowest BCUT2D eigenvalue weighted by Crippen LogP contribution is -2.27. The summed E-state index contributed by atoms with van der Waals surface area (Å²) in [6, 6.07) is 11.4. The highest BCUT2D eigenvalue weighted by Crippen LogP contribution is 2.34. The number of rotatable bonds is 3. The summed E-state index contributed by atoms with van der Waals surface area (Å²) < 4.78 is 21.3. The highest BCUT2D eigenvalue weighted by atomic mass is 32.1. The van der Waals surface area contributed by atoms with E-state index in [2.05, 4.69) is 10.6 Å². The summed E-state index contributed by atoms with van der Waals surface area (Å²) in [6.07, 6.45) is 0. The van der Waals surface area contributed by atoms with Crippen molar-refractivity contribution in [3.63, 3.8) is 0 Å². The number of fused-ring (bicyclic) bond motifs is 2. The average Bonchev–Trinajstić information content (AvgIpc) is 3.20. The Morgan fingerprint density at radius 3 is 2.30 bits per heavy atom. The lowest BCUT2D eigenvalue weighted by molar-refractivity contribution is 0.173. The van der Waals surface area contributed by atoms with E-state index < -0.39 is 0 Å². The van der Waals surface area contributed by atoms with Crippen LogP contribution in [-0.4, -0.2) is 18.7 Å².